The summed E-state index contributed by atoms with van der Waals surface area (Å²) in [5, 5.41) is 2.34. The number of hydrogen-bond acceptors (Lipinski definition) is 5. The molecule has 1 aliphatic heterocycles. The molecule has 0 atom stereocenters. The number of para-hydroxylation sites is 3. The van der Waals surface area contributed by atoms with Crippen molar-refractivity contribution in [2.45, 2.75) is 24.7 Å². The summed E-state index contributed by atoms with van der Waals surface area (Å²) in [6.07, 6.45) is 4.41. The number of benzene rings is 3. The summed E-state index contributed by atoms with van der Waals surface area (Å²) in [7, 11) is 6.42. The molecule has 3 aromatic carbocycles. The molecule has 5 nitrogen and oxygen atoms in total. The van der Waals surface area contributed by atoms with E-state index >= 15 is 0 Å². The van der Waals surface area contributed by atoms with Crippen molar-refractivity contribution in [2.75, 3.05) is 50.6 Å². The van der Waals surface area contributed by atoms with Crippen LogP contribution in [0.1, 0.15) is 25.5 Å². The lowest BCUT2D eigenvalue weighted by molar-refractivity contribution is -0.556. The second-order valence-corrected chi connectivity index (χ2v) is 10.8. The molecular weight excluding hydrogens is 474 g/mol. The van der Waals surface area contributed by atoms with Gasteiger partial charge in [0.1, 0.15) is 11.2 Å². The van der Waals surface area contributed by atoms with E-state index in [1.807, 2.05) is 11.8 Å². The minimum Gasteiger partial charge on any atom is -0.338 e. The predicted molar refractivity (Wildman–Crippen MR) is 158 cm³/mol. The summed E-state index contributed by atoms with van der Waals surface area (Å²) in [6.45, 7) is 5.22. The van der Waals surface area contributed by atoms with Crippen LogP contribution in [-0.2, 0) is 0 Å². The van der Waals surface area contributed by atoms with Gasteiger partial charge in [-0.2, -0.15) is 4.57 Å². The normalized spacial score (nSPS) is 14.1. The molecule has 6 heteroatoms. The topological polar surface area (TPSA) is 26.5 Å². The Morgan fingerprint density at radius 2 is 1.62 bits per heavy atom. The van der Waals surface area contributed by atoms with Crippen molar-refractivity contribution in [1.29, 1.82) is 0 Å². The van der Waals surface area contributed by atoms with Crippen molar-refractivity contribution < 1.29 is 4.57 Å². The molecule has 0 saturated heterocycles. The van der Waals surface area contributed by atoms with Crippen LogP contribution < -0.4 is 14.4 Å². The minimum absolute atomic E-state index is 0.959. The summed E-state index contributed by atoms with van der Waals surface area (Å²) in [4.78, 5) is 13.7. The minimum atomic E-state index is 0.959. The van der Waals surface area contributed by atoms with Crippen LogP contribution in [0, 0.1) is 0 Å². The molecule has 1 aromatic heterocycles. The van der Waals surface area contributed by atoms with Crippen molar-refractivity contribution in [3.63, 3.8) is 0 Å². The summed E-state index contributed by atoms with van der Waals surface area (Å²) in [5.74, 6) is 1.00. The summed E-state index contributed by atoms with van der Waals surface area (Å²) < 4.78 is 2.34. The van der Waals surface area contributed by atoms with E-state index in [1.165, 1.54) is 21.1 Å². The zero-order chi connectivity index (χ0) is 25.8. The molecule has 0 N–H and O–H groups in total. The smallest absolute Gasteiger partial charge is 0.338 e. The van der Waals surface area contributed by atoms with E-state index < -0.39 is 0 Å². The van der Waals surface area contributed by atoms with Crippen LogP contribution in [0.25, 0.3) is 22.7 Å². The van der Waals surface area contributed by atoms with Gasteiger partial charge in [-0.1, -0.05) is 66.1 Å². The lowest BCUT2D eigenvalue weighted by Crippen LogP contribution is -2.43. The third-order valence-electron chi connectivity index (χ3n) is 6.70. The average Bonchev–Trinajstić information content (AvgIpc) is 3.23. The highest BCUT2D eigenvalue weighted by atomic mass is 32.2. The summed E-state index contributed by atoms with van der Waals surface area (Å²) >= 11 is 1.81. The van der Waals surface area contributed by atoms with E-state index in [9.17, 15) is 0 Å². The highest BCUT2D eigenvalue weighted by Crippen LogP contribution is 2.45. The van der Waals surface area contributed by atoms with Gasteiger partial charge in [0.05, 0.1) is 29.2 Å². The molecule has 0 aliphatic carbocycles. The number of aromatic nitrogens is 2. The van der Waals surface area contributed by atoms with Crippen LogP contribution in [-0.4, -0.2) is 50.7 Å². The molecule has 5 rings (SSSR count). The molecule has 1 aliphatic rings. The SMILES string of the molecule is CCCN(CCCN(C)C)c1nc(/C=C2/Sc3ccccc3N2C)c2ccccc2[n+]1-c1ccccc1. The Bertz CT molecular complexity index is 1400. The number of fused-ring (bicyclic) bond motifs is 2. The van der Waals surface area contributed by atoms with Gasteiger partial charge >= 0.3 is 5.95 Å². The zero-order valence-electron chi connectivity index (χ0n) is 22.3. The molecule has 0 amide bonds. The number of anilines is 2. The Labute approximate surface area is 225 Å². The molecule has 37 heavy (non-hydrogen) atoms. The number of nitrogens with zero attached hydrogens (tertiary/aromatic N) is 5. The number of hydrogen-bond donors (Lipinski definition) is 0. The zero-order valence-corrected chi connectivity index (χ0v) is 23.1. The van der Waals surface area contributed by atoms with E-state index in [4.69, 9.17) is 4.98 Å². The van der Waals surface area contributed by atoms with Gasteiger partial charge in [0.15, 0.2) is 5.69 Å². The average molecular weight is 511 g/mol. The molecular formula is C31H36N5S+. The van der Waals surface area contributed by atoms with Gasteiger partial charge < -0.3 is 9.80 Å². The highest BCUT2D eigenvalue weighted by Gasteiger charge is 2.28. The first-order valence-corrected chi connectivity index (χ1v) is 13.9. The second kappa shape index (κ2) is 11.4. The predicted octanol–water partition coefficient (Wildman–Crippen LogP) is 6.22. The van der Waals surface area contributed by atoms with Crippen molar-refractivity contribution >= 4 is 40.4 Å². The van der Waals surface area contributed by atoms with Gasteiger partial charge in [-0.3, -0.25) is 4.90 Å². The second-order valence-electron chi connectivity index (χ2n) is 9.74. The molecule has 2 heterocycles. The summed E-state index contributed by atoms with van der Waals surface area (Å²) in [6, 6.07) is 27.9. The van der Waals surface area contributed by atoms with Gasteiger partial charge in [0.2, 0.25) is 0 Å². The van der Waals surface area contributed by atoms with Crippen LogP contribution in [0.15, 0.2) is 88.8 Å². The van der Waals surface area contributed by atoms with Crippen molar-refractivity contribution in [2.24, 2.45) is 0 Å². The molecule has 190 valence electrons. The quantitative estimate of drug-likeness (QED) is 0.249. The largest absolute Gasteiger partial charge is 0.400 e. The van der Waals surface area contributed by atoms with Gasteiger partial charge in [-0.05, 0) is 63.3 Å². The maximum absolute atomic E-state index is 5.41. The van der Waals surface area contributed by atoms with Crippen molar-refractivity contribution in [3.8, 4) is 5.69 Å². The molecule has 0 fully saturated rings. The third kappa shape index (κ3) is 5.36. The summed E-state index contributed by atoms with van der Waals surface area (Å²) in [5.41, 5.74) is 4.56. The maximum atomic E-state index is 5.41. The fourth-order valence-corrected chi connectivity index (χ4v) is 5.98. The molecule has 0 unspecified atom stereocenters. The fourth-order valence-electron chi connectivity index (χ4n) is 4.89. The van der Waals surface area contributed by atoms with Gasteiger partial charge in [0, 0.05) is 24.6 Å². The van der Waals surface area contributed by atoms with Crippen LogP contribution in [0.2, 0.25) is 0 Å². The first kappa shape index (κ1) is 25.3. The Hall–Kier alpha value is -3.35. The monoisotopic (exact) mass is 510 g/mol. The van der Waals surface area contributed by atoms with E-state index in [0.717, 1.165) is 55.2 Å². The van der Waals surface area contributed by atoms with Crippen molar-refractivity contribution in [3.05, 3.63) is 89.6 Å². The maximum Gasteiger partial charge on any atom is 0.400 e. The Balaban J connectivity index is 1.69. The molecule has 0 saturated carbocycles. The molecule has 0 spiro atoms. The molecule has 0 bridgehead atoms. The molecule has 0 radical (unpaired) electrons. The van der Waals surface area contributed by atoms with Crippen LogP contribution in [0.5, 0.6) is 0 Å². The van der Waals surface area contributed by atoms with Crippen LogP contribution in [0.3, 0.4) is 0 Å². The standard InChI is InChI=1S/C31H36N5S/c1-5-20-35(22-13-21-33(2)3)31-32-26(23-30-34(4)28-18-11-12-19-29(28)37-30)25-16-9-10-17-27(25)36(31)24-14-7-6-8-15-24/h6-12,14-19,23H,5,13,20-22H2,1-4H3/q+1. The lowest BCUT2D eigenvalue weighted by atomic mass is 10.1. The van der Waals surface area contributed by atoms with E-state index in [1.54, 1.807) is 0 Å². The van der Waals surface area contributed by atoms with Gasteiger partial charge in [-0.15, -0.1) is 0 Å². The fraction of sp³-hybridized carbons (Fsp3) is 0.290. The number of rotatable bonds is 9. The van der Waals surface area contributed by atoms with E-state index in [0.29, 0.717) is 0 Å². The van der Waals surface area contributed by atoms with Crippen LogP contribution in [0.4, 0.5) is 11.6 Å². The van der Waals surface area contributed by atoms with E-state index in [-0.39, 0.29) is 0 Å². The van der Waals surface area contributed by atoms with Crippen molar-refractivity contribution in [1.82, 2.24) is 9.88 Å². The van der Waals surface area contributed by atoms with Crippen LogP contribution >= 0.6 is 11.8 Å². The Kier molecular flexibility index (Phi) is 7.77. The first-order valence-electron chi connectivity index (χ1n) is 13.1. The lowest BCUT2D eigenvalue weighted by Gasteiger charge is -2.21. The van der Waals surface area contributed by atoms with E-state index in [2.05, 4.69) is 132 Å². The Morgan fingerprint density at radius 3 is 2.38 bits per heavy atom. The van der Waals surface area contributed by atoms with Gasteiger partial charge in [-0.25, -0.2) is 0 Å². The highest BCUT2D eigenvalue weighted by molar-refractivity contribution is 8.03. The third-order valence-corrected chi connectivity index (χ3v) is 7.86. The van der Waals surface area contributed by atoms with Gasteiger partial charge in [0.25, 0.3) is 0 Å². The Morgan fingerprint density at radius 1 is 0.892 bits per heavy atom. The number of thioether (sulfide) groups is 1. The first-order chi connectivity index (χ1) is 18.1. The molecule has 4 aromatic rings.